The van der Waals surface area contributed by atoms with Crippen LogP contribution in [0.15, 0.2) is 30.3 Å². The van der Waals surface area contributed by atoms with Crippen molar-refractivity contribution in [3.63, 3.8) is 0 Å². The fourth-order valence-electron chi connectivity index (χ4n) is 1.91. The lowest BCUT2D eigenvalue weighted by atomic mass is 9.96. The van der Waals surface area contributed by atoms with E-state index in [0.717, 1.165) is 5.69 Å². The Morgan fingerprint density at radius 3 is 2.17 bits per heavy atom. The van der Waals surface area contributed by atoms with Crippen molar-refractivity contribution in [2.24, 2.45) is 11.3 Å². The maximum Gasteiger partial charge on any atom is 0.239 e. The largest absolute Gasteiger partial charge is 0.380 e. The van der Waals surface area contributed by atoms with Crippen LogP contribution in [0.4, 0.5) is 5.69 Å². The van der Waals surface area contributed by atoms with Gasteiger partial charge in [0.2, 0.25) is 11.8 Å². The number of hydrogen-bond donors (Lipinski definition) is 3. The summed E-state index contributed by atoms with van der Waals surface area (Å²) in [5, 5.41) is 8.95. The van der Waals surface area contributed by atoms with Crippen molar-refractivity contribution in [1.29, 1.82) is 0 Å². The summed E-state index contributed by atoms with van der Waals surface area (Å²) in [6, 6.07) is 10.0. The van der Waals surface area contributed by atoms with Gasteiger partial charge in [-0.3, -0.25) is 9.59 Å². The summed E-state index contributed by atoms with van der Waals surface area (Å²) in [4.78, 5) is 23.7. The second-order valence-corrected chi connectivity index (χ2v) is 7.10. The summed E-state index contributed by atoms with van der Waals surface area (Å²) in [6.45, 7) is 10.2. The summed E-state index contributed by atoms with van der Waals surface area (Å²) in [5.41, 5.74) is 0.539. The molecule has 3 N–H and O–H groups in total. The minimum atomic E-state index is -0.490. The number of nitrogens with one attached hydrogen (secondary N) is 3. The minimum Gasteiger partial charge on any atom is -0.380 e. The highest BCUT2D eigenvalue weighted by Crippen LogP contribution is 2.12. The second-order valence-electron chi connectivity index (χ2n) is 7.10. The molecule has 0 aliphatic heterocycles. The minimum absolute atomic E-state index is 0.00621. The molecule has 128 valence electrons. The van der Waals surface area contributed by atoms with Crippen molar-refractivity contribution in [3.05, 3.63) is 30.3 Å². The number of amides is 2. The van der Waals surface area contributed by atoms with E-state index in [2.05, 4.69) is 29.8 Å². The van der Waals surface area contributed by atoms with E-state index < -0.39 is 5.41 Å². The maximum absolute atomic E-state index is 11.9. The summed E-state index contributed by atoms with van der Waals surface area (Å²) >= 11 is 0. The monoisotopic (exact) mass is 319 g/mol. The fourth-order valence-corrected chi connectivity index (χ4v) is 1.91. The predicted molar refractivity (Wildman–Crippen MR) is 94.2 cm³/mol. The first-order valence-electron chi connectivity index (χ1n) is 8.06. The molecule has 1 aromatic rings. The molecular weight excluding hydrogens is 290 g/mol. The molecule has 1 atom stereocenters. The average molecular weight is 319 g/mol. The standard InChI is InChI=1S/C18H29N3O2/c1-13(2)15(21-14-9-7-6-8-10-14)11-19-16(22)12-20-17(23)18(3,4)5/h6-10,13,15,21H,11-12H2,1-5H3,(H,19,22)(H,20,23). The van der Waals surface area contributed by atoms with Crippen LogP contribution < -0.4 is 16.0 Å². The predicted octanol–water partition coefficient (Wildman–Crippen LogP) is 2.40. The SMILES string of the molecule is CC(C)C(CNC(=O)CNC(=O)C(C)(C)C)Nc1ccccc1. The molecule has 5 heteroatoms. The van der Waals surface area contributed by atoms with E-state index in [1.807, 2.05) is 51.1 Å². The third-order valence-corrected chi connectivity index (χ3v) is 3.54. The van der Waals surface area contributed by atoms with Gasteiger partial charge in [0, 0.05) is 23.7 Å². The molecule has 2 amide bonds. The van der Waals surface area contributed by atoms with Gasteiger partial charge in [-0.1, -0.05) is 52.8 Å². The molecule has 0 radical (unpaired) electrons. The van der Waals surface area contributed by atoms with Crippen LogP contribution in [0.5, 0.6) is 0 Å². The van der Waals surface area contributed by atoms with Gasteiger partial charge in [0.25, 0.3) is 0 Å². The van der Waals surface area contributed by atoms with E-state index in [1.165, 1.54) is 0 Å². The number of carbonyl (C=O) groups excluding carboxylic acids is 2. The highest BCUT2D eigenvalue weighted by atomic mass is 16.2. The summed E-state index contributed by atoms with van der Waals surface area (Å²) in [5.74, 6) is 0.0539. The van der Waals surface area contributed by atoms with E-state index in [-0.39, 0.29) is 24.4 Å². The molecular formula is C18H29N3O2. The van der Waals surface area contributed by atoms with Gasteiger partial charge in [-0.2, -0.15) is 0 Å². The zero-order valence-corrected chi connectivity index (χ0v) is 14.8. The Kier molecular flexibility index (Phi) is 7.07. The number of hydrogen-bond acceptors (Lipinski definition) is 3. The Balaban J connectivity index is 2.43. The number of benzene rings is 1. The van der Waals surface area contributed by atoms with Crippen molar-refractivity contribution >= 4 is 17.5 Å². The Bertz CT molecular complexity index is 507. The van der Waals surface area contributed by atoms with E-state index in [4.69, 9.17) is 0 Å². The number of anilines is 1. The molecule has 0 spiro atoms. The fraction of sp³-hybridized carbons (Fsp3) is 0.556. The first kappa shape index (κ1) is 19.0. The highest BCUT2D eigenvalue weighted by molar-refractivity contribution is 5.87. The Morgan fingerprint density at radius 1 is 1.04 bits per heavy atom. The van der Waals surface area contributed by atoms with E-state index in [0.29, 0.717) is 12.5 Å². The van der Waals surface area contributed by atoms with Crippen LogP contribution in [0, 0.1) is 11.3 Å². The molecule has 0 saturated carbocycles. The van der Waals surface area contributed by atoms with Crippen molar-refractivity contribution < 1.29 is 9.59 Å². The molecule has 0 aromatic heterocycles. The van der Waals surface area contributed by atoms with Crippen LogP contribution in [0.2, 0.25) is 0 Å². The van der Waals surface area contributed by atoms with Crippen LogP contribution in [0.1, 0.15) is 34.6 Å². The molecule has 0 aliphatic rings. The second kappa shape index (κ2) is 8.56. The van der Waals surface area contributed by atoms with E-state index in [9.17, 15) is 9.59 Å². The molecule has 23 heavy (non-hydrogen) atoms. The zero-order chi connectivity index (χ0) is 17.5. The smallest absolute Gasteiger partial charge is 0.239 e. The zero-order valence-electron chi connectivity index (χ0n) is 14.8. The molecule has 1 aromatic carbocycles. The van der Waals surface area contributed by atoms with Crippen molar-refractivity contribution in [1.82, 2.24) is 10.6 Å². The highest BCUT2D eigenvalue weighted by Gasteiger charge is 2.21. The maximum atomic E-state index is 11.9. The van der Waals surface area contributed by atoms with Gasteiger partial charge in [-0.05, 0) is 18.1 Å². The van der Waals surface area contributed by atoms with Crippen molar-refractivity contribution in [3.8, 4) is 0 Å². The average Bonchev–Trinajstić information content (AvgIpc) is 2.48. The molecule has 0 aliphatic carbocycles. The normalized spacial score (nSPS) is 12.6. The van der Waals surface area contributed by atoms with Crippen LogP contribution in [-0.2, 0) is 9.59 Å². The molecule has 0 saturated heterocycles. The van der Waals surface area contributed by atoms with Crippen LogP contribution in [0.3, 0.4) is 0 Å². The number of rotatable bonds is 7. The molecule has 5 nitrogen and oxygen atoms in total. The van der Waals surface area contributed by atoms with Crippen LogP contribution in [0.25, 0.3) is 0 Å². The number of carbonyl (C=O) groups is 2. The van der Waals surface area contributed by atoms with Gasteiger partial charge in [-0.15, -0.1) is 0 Å². The molecule has 1 unspecified atom stereocenters. The third kappa shape index (κ3) is 7.17. The van der Waals surface area contributed by atoms with Gasteiger partial charge >= 0.3 is 0 Å². The first-order valence-corrected chi connectivity index (χ1v) is 8.06. The summed E-state index contributed by atoms with van der Waals surface area (Å²) < 4.78 is 0. The number of para-hydroxylation sites is 1. The lowest BCUT2D eigenvalue weighted by Gasteiger charge is -2.24. The molecule has 0 heterocycles. The first-order chi connectivity index (χ1) is 10.7. The Hall–Kier alpha value is -2.04. The summed E-state index contributed by atoms with van der Waals surface area (Å²) in [7, 11) is 0. The topological polar surface area (TPSA) is 70.2 Å². The van der Waals surface area contributed by atoms with Gasteiger partial charge in [0.05, 0.1) is 6.54 Å². The quantitative estimate of drug-likeness (QED) is 0.723. The van der Waals surface area contributed by atoms with Gasteiger partial charge in [-0.25, -0.2) is 0 Å². The molecule has 0 fully saturated rings. The Morgan fingerprint density at radius 2 is 1.65 bits per heavy atom. The third-order valence-electron chi connectivity index (χ3n) is 3.54. The van der Waals surface area contributed by atoms with Gasteiger partial charge in [0.1, 0.15) is 0 Å². The van der Waals surface area contributed by atoms with Crippen LogP contribution in [-0.4, -0.2) is 30.9 Å². The van der Waals surface area contributed by atoms with Crippen molar-refractivity contribution in [2.45, 2.75) is 40.7 Å². The molecule has 1 rings (SSSR count). The van der Waals surface area contributed by atoms with E-state index >= 15 is 0 Å². The van der Waals surface area contributed by atoms with Crippen molar-refractivity contribution in [2.75, 3.05) is 18.4 Å². The Labute approximate surface area is 139 Å². The lowest BCUT2D eigenvalue weighted by Crippen LogP contribution is -2.45. The van der Waals surface area contributed by atoms with E-state index in [1.54, 1.807) is 0 Å². The lowest BCUT2D eigenvalue weighted by molar-refractivity contribution is -0.131. The van der Waals surface area contributed by atoms with Gasteiger partial charge in [0.15, 0.2) is 0 Å². The van der Waals surface area contributed by atoms with Crippen LogP contribution >= 0.6 is 0 Å². The molecule has 0 bridgehead atoms. The summed E-state index contributed by atoms with van der Waals surface area (Å²) in [6.07, 6.45) is 0. The van der Waals surface area contributed by atoms with Gasteiger partial charge < -0.3 is 16.0 Å².